The number of ether oxygens (including phenoxy) is 2. The van der Waals surface area contributed by atoms with Crippen molar-refractivity contribution >= 4 is 5.97 Å². The van der Waals surface area contributed by atoms with E-state index >= 15 is 0 Å². The van der Waals surface area contributed by atoms with Gasteiger partial charge in [0.05, 0.1) is 25.2 Å². The van der Waals surface area contributed by atoms with Crippen LogP contribution in [0.4, 0.5) is 0 Å². The summed E-state index contributed by atoms with van der Waals surface area (Å²) >= 11 is 0. The zero-order valence-corrected chi connectivity index (χ0v) is 27.1. The number of likely N-dealkylation sites (tertiary alicyclic amines) is 1. The molecule has 0 bridgehead atoms. The molecule has 44 heavy (non-hydrogen) atoms. The van der Waals surface area contributed by atoms with Gasteiger partial charge in [-0.25, -0.2) is 0 Å². The number of rotatable bonds is 13. The smallest absolute Gasteiger partial charge is 0.312 e. The Hall–Kier alpha value is -3.31. The maximum atomic E-state index is 12.0. The molecule has 1 fully saturated rings. The van der Waals surface area contributed by atoms with Crippen LogP contribution in [-0.2, 0) is 27.2 Å². The van der Waals surface area contributed by atoms with Gasteiger partial charge in [-0.15, -0.1) is 0 Å². The van der Waals surface area contributed by atoms with Gasteiger partial charge in [-0.1, -0.05) is 49.3 Å². The van der Waals surface area contributed by atoms with E-state index in [1.54, 1.807) is 6.07 Å². The second-order valence-corrected chi connectivity index (χ2v) is 13.0. The highest BCUT2D eigenvalue weighted by Crippen LogP contribution is 2.33. The molecular formula is C34H50N4O6. The van der Waals surface area contributed by atoms with Gasteiger partial charge in [-0.05, 0) is 89.2 Å². The molecule has 1 aliphatic heterocycles. The molecule has 10 nitrogen and oxygen atoms in total. The quantitative estimate of drug-likeness (QED) is 0.204. The predicted octanol–water partition coefficient (Wildman–Crippen LogP) is 5.77. The number of nitrogens with zero attached hydrogens (tertiary/aromatic N) is 3. The van der Waals surface area contributed by atoms with Crippen molar-refractivity contribution in [3.05, 3.63) is 53.6 Å². The number of piperidine rings is 1. The first kappa shape index (κ1) is 35.2. The van der Waals surface area contributed by atoms with Crippen LogP contribution in [0.1, 0.15) is 65.5 Å². The Bertz CT molecular complexity index is 1300. The average Bonchev–Trinajstić information content (AvgIpc) is 3.45. The third kappa shape index (κ3) is 11.0. The molecule has 0 radical (unpaired) electrons. The number of carbonyl (C=O) groups is 1. The lowest BCUT2D eigenvalue weighted by atomic mass is 9.79. The van der Waals surface area contributed by atoms with Crippen LogP contribution in [0, 0.1) is 11.3 Å². The van der Waals surface area contributed by atoms with Crippen LogP contribution in [0.5, 0.6) is 5.75 Å². The molecular weight excluding hydrogens is 560 g/mol. The van der Waals surface area contributed by atoms with E-state index in [-0.39, 0.29) is 17.9 Å². The Morgan fingerprint density at radius 3 is 2.25 bits per heavy atom. The minimum Gasteiger partial charge on any atom is -0.508 e. The number of aromatic hydroxyl groups is 1. The first-order chi connectivity index (χ1) is 20.8. The molecule has 0 atom stereocenters. The number of aliphatic carboxylic acids is 1. The van der Waals surface area contributed by atoms with Gasteiger partial charge in [0.25, 0.3) is 5.89 Å². The summed E-state index contributed by atoms with van der Waals surface area (Å²) in [6, 6.07) is 13.5. The van der Waals surface area contributed by atoms with Crippen molar-refractivity contribution in [2.45, 2.75) is 72.9 Å². The standard InChI is InChI=1S/C30H39N3O6.C4H11N/c1-4-37-15-16-38-20-30(29(35)36)11-13-33(14-12-30)19-22-5-7-23(8-6-22)27-31-28(39-32-27)25-10-9-24(17-21(2)3)26(34)18-25;1-4(2,3)5/h5-10,18,21,34H,4,11-17,19-20H2,1-3H3,(H,35,36);5H2,1-3H3. The van der Waals surface area contributed by atoms with E-state index in [9.17, 15) is 15.0 Å². The van der Waals surface area contributed by atoms with Crippen LogP contribution < -0.4 is 5.73 Å². The number of hydrogen-bond acceptors (Lipinski definition) is 9. The number of nitrogens with two attached hydrogens (primary N) is 1. The summed E-state index contributed by atoms with van der Waals surface area (Å²) < 4.78 is 16.4. The van der Waals surface area contributed by atoms with Crippen LogP contribution in [0.2, 0.25) is 0 Å². The zero-order valence-electron chi connectivity index (χ0n) is 27.1. The first-order valence-electron chi connectivity index (χ1n) is 15.4. The van der Waals surface area contributed by atoms with Crippen LogP contribution >= 0.6 is 0 Å². The van der Waals surface area contributed by atoms with E-state index in [1.165, 1.54) is 0 Å². The molecule has 0 saturated carbocycles. The molecule has 0 aliphatic carbocycles. The Morgan fingerprint density at radius 1 is 1.07 bits per heavy atom. The third-order valence-electron chi connectivity index (χ3n) is 7.23. The van der Waals surface area contributed by atoms with Gasteiger partial charge in [-0.3, -0.25) is 9.69 Å². The van der Waals surface area contributed by atoms with Gasteiger partial charge < -0.3 is 29.9 Å². The van der Waals surface area contributed by atoms with E-state index in [2.05, 4.69) is 28.9 Å². The predicted molar refractivity (Wildman–Crippen MR) is 171 cm³/mol. The molecule has 0 spiro atoms. The van der Waals surface area contributed by atoms with Crippen molar-refractivity contribution in [3.8, 4) is 28.6 Å². The molecule has 242 valence electrons. The number of hydrogen-bond donors (Lipinski definition) is 3. The summed E-state index contributed by atoms with van der Waals surface area (Å²) in [6.07, 6.45) is 1.90. The maximum absolute atomic E-state index is 12.0. The number of aromatic nitrogens is 2. The van der Waals surface area contributed by atoms with E-state index in [1.807, 2.05) is 64.1 Å². The van der Waals surface area contributed by atoms with E-state index in [4.69, 9.17) is 19.7 Å². The minimum atomic E-state index is -0.839. The zero-order chi connectivity index (χ0) is 32.3. The van der Waals surface area contributed by atoms with Gasteiger partial charge in [0, 0.05) is 29.8 Å². The summed E-state index contributed by atoms with van der Waals surface area (Å²) in [4.78, 5) is 18.8. The summed E-state index contributed by atoms with van der Waals surface area (Å²) in [5, 5.41) is 24.4. The molecule has 2 heterocycles. The number of carboxylic acid groups (broad SMARTS) is 1. The fourth-order valence-corrected chi connectivity index (χ4v) is 4.87. The SMILES string of the molecule is CC(C)(C)N.CCOCCOCC1(C(=O)O)CCN(Cc2ccc(-c3noc(-c4ccc(CC(C)C)c(O)c4)n3)cc2)CC1. The van der Waals surface area contributed by atoms with Gasteiger partial charge in [0.15, 0.2) is 0 Å². The molecule has 10 heteroatoms. The van der Waals surface area contributed by atoms with Crippen molar-refractivity contribution in [3.63, 3.8) is 0 Å². The van der Waals surface area contributed by atoms with E-state index in [0.717, 1.165) is 29.7 Å². The molecule has 1 aromatic heterocycles. The topological polar surface area (TPSA) is 144 Å². The van der Waals surface area contributed by atoms with Gasteiger partial charge in [0.2, 0.25) is 5.82 Å². The molecule has 1 saturated heterocycles. The summed E-state index contributed by atoms with van der Waals surface area (Å²) in [6.45, 7) is 15.9. The van der Waals surface area contributed by atoms with Gasteiger partial charge in [-0.2, -0.15) is 4.98 Å². The normalized spacial score (nSPS) is 15.2. The maximum Gasteiger partial charge on any atom is 0.312 e. The largest absolute Gasteiger partial charge is 0.508 e. The summed E-state index contributed by atoms with van der Waals surface area (Å²) in [7, 11) is 0. The average molecular weight is 611 g/mol. The van der Waals surface area contributed by atoms with Crippen molar-refractivity contribution in [1.29, 1.82) is 0 Å². The molecule has 1 aliphatic rings. The Morgan fingerprint density at radius 2 is 1.68 bits per heavy atom. The number of phenols is 1. The minimum absolute atomic E-state index is 0. The molecule has 2 aromatic carbocycles. The van der Waals surface area contributed by atoms with Crippen LogP contribution in [0.25, 0.3) is 22.8 Å². The second-order valence-electron chi connectivity index (χ2n) is 13.0. The summed E-state index contributed by atoms with van der Waals surface area (Å²) in [5.74, 6) is 0.735. The van der Waals surface area contributed by atoms with Crippen molar-refractivity contribution in [2.24, 2.45) is 17.1 Å². The molecule has 4 N–H and O–H groups in total. The van der Waals surface area contributed by atoms with Gasteiger partial charge in [0.1, 0.15) is 5.75 Å². The Balaban J connectivity index is 0.000000978. The molecule has 0 unspecified atom stereocenters. The number of phenolic OH excluding ortho intramolecular Hbond substituents is 1. The second kappa shape index (κ2) is 16.1. The summed E-state index contributed by atoms with van der Waals surface area (Å²) in [5.41, 5.74) is 8.06. The fourth-order valence-electron chi connectivity index (χ4n) is 4.87. The van der Waals surface area contributed by atoms with Crippen molar-refractivity contribution in [1.82, 2.24) is 15.0 Å². The van der Waals surface area contributed by atoms with E-state index in [0.29, 0.717) is 68.9 Å². The van der Waals surface area contributed by atoms with Crippen molar-refractivity contribution < 1.29 is 29.0 Å². The molecule has 3 aromatic rings. The van der Waals surface area contributed by atoms with Gasteiger partial charge >= 0.3 is 5.97 Å². The lowest BCUT2D eigenvalue weighted by Crippen LogP contribution is -2.46. The van der Waals surface area contributed by atoms with E-state index < -0.39 is 11.4 Å². The Kier molecular flexibility index (Phi) is 12.9. The monoisotopic (exact) mass is 610 g/mol. The molecule has 4 rings (SSSR count). The number of benzene rings is 2. The Labute approximate surface area is 261 Å². The number of carboxylic acids is 1. The highest BCUT2D eigenvalue weighted by atomic mass is 16.5. The van der Waals surface area contributed by atoms with Crippen LogP contribution in [0.15, 0.2) is 47.0 Å². The fraction of sp³-hybridized carbons (Fsp3) is 0.559. The van der Waals surface area contributed by atoms with Crippen molar-refractivity contribution in [2.75, 3.05) is 39.5 Å². The lowest BCUT2D eigenvalue weighted by molar-refractivity contribution is -0.157. The highest BCUT2D eigenvalue weighted by Gasteiger charge is 2.41. The third-order valence-corrected chi connectivity index (χ3v) is 7.23. The van der Waals surface area contributed by atoms with Crippen LogP contribution in [-0.4, -0.2) is 76.3 Å². The van der Waals surface area contributed by atoms with Crippen LogP contribution in [0.3, 0.4) is 0 Å². The highest BCUT2D eigenvalue weighted by molar-refractivity contribution is 5.75. The first-order valence-corrected chi connectivity index (χ1v) is 15.4. The lowest BCUT2D eigenvalue weighted by Gasteiger charge is -2.38. The molecule has 0 amide bonds.